The minimum Gasteiger partial charge on any atom is -0.493 e. The average Bonchev–Trinajstić information content (AvgIpc) is 3.27. The molecule has 208 valence electrons. The Kier molecular flexibility index (Phi) is 7.44. The largest absolute Gasteiger partial charge is 0.493 e. The molecule has 39 heavy (non-hydrogen) atoms. The monoisotopic (exact) mass is 553 g/mol. The average molecular weight is 554 g/mol. The fraction of sp³-hybridized carbons (Fsp3) is 0.429. The van der Waals surface area contributed by atoms with Crippen LogP contribution in [0.1, 0.15) is 45.1 Å². The molecular formula is C28H35N5O5S. The van der Waals surface area contributed by atoms with Gasteiger partial charge in [0.25, 0.3) is 0 Å². The normalized spacial score (nSPS) is 16.3. The van der Waals surface area contributed by atoms with Crippen LogP contribution in [-0.4, -0.2) is 67.2 Å². The highest BCUT2D eigenvalue weighted by atomic mass is 32.2. The number of nitrogens with two attached hydrogens (primary N) is 1. The molecule has 11 heteroatoms. The molecule has 10 nitrogen and oxygen atoms in total. The molecule has 1 saturated carbocycles. The van der Waals surface area contributed by atoms with E-state index in [4.69, 9.17) is 10.5 Å². The van der Waals surface area contributed by atoms with E-state index in [1.165, 1.54) is 9.80 Å². The van der Waals surface area contributed by atoms with E-state index in [0.717, 1.165) is 41.4 Å². The Balaban J connectivity index is 1.36. The van der Waals surface area contributed by atoms with Gasteiger partial charge in [-0.15, -0.1) is 0 Å². The quantitative estimate of drug-likeness (QED) is 0.267. The number of imide groups is 1. The first-order valence-electron chi connectivity index (χ1n) is 13.4. The summed E-state index contributed by atoms with van der Waals surface area (Å²) >= 11 is 0. The Morgan fingerprint density at radius 1 is 1.10 bits per heavy atom. The number of rotatable bonds is 11. The highest BCUT2D eigenvalue weighted by molar-refractivity contribution is 7.92. The summed E-state index contributed by atoms with van der Waals surface area (Å²) in [5.74, 6) is 0.592. The minimum absolute atomic E-state index is 0.0773. The van der Waals surface area contributed by atoms with Crippen LogP contribution < -0.4 is 15.2 Å². The van der Waals surface area contributed by atoms with E-state index in [0.29, 0.717) is 49.2 Å². The van der Waals surface area contributed by atoms with Gasteiger partial charge >= 0.3 is 6.03 Å². The summed E-state index contributed by atoms with van der Waals surface area (Å²) in [6.45, 7) is 2.65. The molecule has 0 unspecified atom stereocenters. The Bertz CT molecular complexity index is 1490. The zero-order valence-electron chi connectivity index (χ0n) is 22.4. The van der Waals surface area contributed by atoms with Crippen molar-refractivity contribution in [2.45, 2.75) is 45.1 Å². The van der Waals surface area contributed by atoms with Gasteiger partial charge in [0, 0.05) is 42.3 Å². The predicted molar refractivity (Wildman–Crippen MR) is 152 cm³/mol. The number of hydrogen-bond acceptors (Lipinski definition) is 6. The molecule has 2 aromatic carbocycles. The van der Waals surface area contributed by atoms with Crippen molar-refractivity contribution in [1.82, 2.24) is 14.4 Å². The minimum atomic E-state index is -3.37. The van der Waals surface area contributed by atoms with Crippen molar-refractivity contribution in [3.8, 4) is 17.0 Å². The van der Waals surface area contributed by atoms with Gasteiger partial charge in [0.15, 0.2) is 0 Å². The summed E-state index contributed by atoms with van der Waals surface area (Å²) in [6, 6.07) is 13.3. The number of fused-ring (bicyclic) bond motifs is 1. The number of carbonyl (C=O) groups excluding carboxylic acids is 2. The van der Waals surface area contributed by atoms with Crippen LogP contribution in [0.3, 0.4) is 0 Å². The number of amides is 3. The van der Waals surface area contributed by atoms with Crippen LogP contribution in [0.5, 0.6) is 5.75 Å². The highest BCUT2D eigenvalue weighted by Crippen LogP contribution is 2.45. The molecule has 0 radical (unpaired) electrons. The molecule has 0 bridgehead atoms. The molecular weight excluding hydrogens is 518 g/mol. The second-order valence-electron chi connectivity index (χ2n) is 10.3. The van der Waals surface area contributed by atoms with Gasteiger partial charge < -0.3 is 19.9 Å². The van der Waals surface area contributed by atoms with Gasteiger partial charge in [-0.25, -0.2) is 13.2 Å². The maximum atomic E-state index is 12.2. The van der Waals surface area contributed by atoms with E-state index < -0.39 is 10.0 Å². The summed E-state index contributed by atoms with van der Waals surface area (Å²) in [7, 11) is -1.75. The summed E-state index contributed by atoms with van der Waals surface area (Å²) in [5, 5.41) is 0.938. The number of nitrogen functional groups attached to an aromatic ring is 1. The Hall–Kier alpha value is -3.73. The van der Waals surface area contributed by atoms with Crippen LogP contribution in [0.4, 0.5) is 16.2 Å². The molecule has 2 heterocycles. The maximum absolute atomic E-state index is 12.2. The molecule has 1 aliphatic heterocycles. The van der Waals surface area contributed by atoms with Crippen molar-refractivity contribution in [3.63, 3.8) is 0 Å². The lowest BCUT2D eigenvalue weighted by Crippen LogP contribution is -2.33. The van der Waals surface area contributed by atoms with Gasteiger partial charge in [-0.1, -0.05) is 19.1 Å². The number of aromatic nitrogens is 1. The number of carbonyl (C=O) groups is 2. The molecule has 2 aliphatic rings. The van der Waals surface area contributed by atoms with E-state index in [1.54, 1.807) is 19.2 Å². The van der Waals surface area contributed by atoms with E-state index in [1.807, 2.05) is 37.3 Å². The van der Waals surface area contributed by atoms with Crippen molar-refractivity contribution >= 4 is 44.2 Å². The summed E-state index contributed by atoms with van der Waals surface area (Å²) in [5.41, 5.74) is 10.7. The zero-order chi connectivity index (χ0) is 27.7. The molecule has 0 spiro atoms. The second-order valence-corrected chi connectivity index (χ2v) is 12.1. The van der Waals surface area contributed by atoms with Gasteiger partial charge in [-0.3, -0.25) is 14.4 Å². The first-order chi connectivity index (χ1) is 18.7. The number of hydrogen-bond donors (Lipinski definition) is 2. The van der Waals surface area contributed by atoms with Crippen LogP contribution in [0.25, 0.3) is 22.2 Å². The third-order valence-electron chi connectivity index (χ3n) is 7.39. The molecule has 1 aromatic heterocycles. The fourth-order valence-corrected chi connectivity index (χ4v) is 6.36. The van der Waals surface area contributed by atoms with E-state index in [9.17, 15) is 18.0 Å². The first-order valence-corrected chi connectivity index (χ1v) is 15.1. The smallest absolute Gasteiger partial charge is 0.326 e. The number of urea groups is 1. The Morgan fingerprint density at radius 3 is 2.46 bits per heavy atom. The maximum Gasteiger partial charge on any atom is 0.326 e. The zero-order valence-corrected chi connectivity index (χ0v) is 23.2. The van der Waals surface area contributed by atoms with Crippen LogP contribution in [0.15, 0.2) is 42.5 Å². The molecule has 3 N–H and O–H groups in total. The van der Waals surface area contributed by atoms with Crippen molar-refractivity contribution in [1.29, 1.82) is 0 Å². The van der Waals surface area contributed by atoms with E-state index in [-0.39, 0.29) is 24.2 Å². The van der Waals surface area contributed by atoms with Crippen LogP contribution in [0, 0.1) is 0 Å². The number of benzene rings is 2. The van der Waals surface area contributed by atoms with Gasteiger partial charge in [-0.05, 0) is 56.4 Å². The molecule has 1 saturated heterocycles. The molecule has 3 aromatic rings. The van der Waals surface area contributed by atoms with Crippen molar-refractivity contribution in [3.05, 3.63) is 42.5 Å². The molecule has 1 aliphatic carbocycles. The number of sulfonamides is 1. The number of likely N-dealkylation sites (N-methyl/N-ethyl adjacent to an activating group) is 1. The van der Waals surface area contributed by atoms with Crippen molar-refractivity contribution in [2.24, 2.45) is 0 Å². The van der Waals surface area contributed by atoms with Crippen molar-refractivity contribution in [2.75, 3.05) is 43.0 Å². The lowest BCUT2D eigenvalue weighted by molar-refractivity contribution is -0.125. The lowest BCUT2D eigenvalue weighted by atomic mass is 9.92. The number of nitrogens with one attached hydrogen (secondary N) is 1. The third kappa shape index (κ3) is 5.40. The summed E-state index contributed by atoms with van der Waals surface area (Å²) < 4.78 is 35.3. The topological polar surface area (TPSA) is 127 Å². The first kappa shape index (κ1) is 26.9. The molecule has 5 rings (SSSR count). The fourth-order valence-electron chi connectivity index (χ4n) is 5.22. The molecule has 2 fully saturated rings. The number of anilines is 2. The molecule has 0 atom stereocenters. The van der Waals surface area contributed by atoms with Gasteiger partial charge in [0.05, 0.1) is 29.3 Å². The highest BCUT2D eigenvalue weighted by Gasteiger charge is 2.33. The number of ether oxygens (including phenoxy) is 1. The van der Waals surface area contributed by atoms with E-state index >= 15 is 0 Å². The lowest BCUT2D eigenvalue weighted by Gasteiger charge is -2.30. The van der Waals surface area contributed by atoms with Gasteiger partial charge in [0.1, 0.15) is 12.3 Å². The Labute approximate surface area is 228 Å². The SMILES string of the molecule is CCCS(=O)(=O)Nc1ccc(-c2c(N)c3ccc(OCCCN4C(=O)CN(C)C4=O)cc3n2C2CCC2)cc1. The summed E-state index contributed by atoms with van der Waals surface area (Å²) in [6.07, 6.45) is 4.35. The van der Waals surface area contributed by atoms with Gasteiger partial charge in [-0.2, -0.15) is 0 Å². The third-order valence-corrected chi connectivity index (χ3v) is 8.88. The van der Waals surface area contributed by atoms with Crippen LogP contribution in [-0.2, 0) is 14.8 Å². The van der Waals surface area contributed by atoms with E-state index in [2.05, 4.69) is 9.29 Å². The predicted octanol–water partition coefficient (Wildman–Crippen LogP) is 4.43. The van der Waals surface area contributed by atoms with Crippen LogP contribution in [0.2, 0.25) is 0 Å². The summed E-state index contributed by atoms with van der Waals surface area (Å²) in [4.78, 5) is 26.7. The van der Waals surface area contributed by atoms with Gasteiger partial charge in [0.2, 0.25) is 15.9 Å². The Morgan fingerprint density at radius 2 is 1.85 bits per heavy atom. The number of nitrogens with zero attached hydrogens (tertiary/aromatic N) is 3. The van der Waals surface area contributed by atoms with Crippen LogP contribution >= 0.6 is 0 Å². The van der Waals surface area contributed by atoms with Crippen molar-refractivity contribution < 1.29 is 22.7 Å². The standard InChI is InChI=1S/C28H35N5O5S/c1-3-16-39(36,37)30-20-10-8-19(9-11-20)27-26(29)23-13-12-22(17-24(23)33(27)21-6-4-7-21)38-15-5-14-32-25(34)18-31(2)28(32)35/h8-13,17,21,30H,3-7,14-16,18,29H2,1-2H3. The second kappa shape index (κ2) is 10.8. The molecule has 3 amide bonds.